The second kappa shape index (κ2) is 9.50. The predicted octanol–water partition coefficient (Wildman–Crippen LogP) is 4.93. The third-order valence-electron chi connectivity index (χ3n) is 6.17. The zero-order valence-electron chi connectivity index (χ0n) is 19.4. The van der Waals surface area contributed by atoms with Crippen molar-refractivity contribution in [2.24, 2.45) is 5.41 Å². The number of nitrogens with one attached hydrogen (secondary N) is 1. The van der Waals surface area contributed by atoms with Gasteiger partial charge in [0, 0.05) is 23.6 Å². The first-order valence-corrected chi connectivity index (χ1v) is 13.3. The Bertz CT molecular complexity index is 1350. The van der Waals surface area contributed by atoms with E-state index < -0.39 is 27.4 Å². The number of hydrogen-bond acceptors (Lipinski definition) is 8. The van der Waals surface area contributed by atoms with Crippen LogP contribution in [0.5, 0.6) is 5.75 Å². The summed E-state index contributed by atoms with van der Waals surface area (Å²) in [7, 11) is -3.00. The van der Waals surface area contributed by atoms with Crippen molar-refractivity contribution in [2.75, 3.05) is 11.8 Å². The Morgan fingerprint density at radius 3 is 2.54 bits per heavy atom. The summed E-state index contributed by atoms with van der Waals surface area (Å²) in [6.07, 6.45) is 7.71. The minimum absolute atomic E-state index is 0.143. The largest absolute Gasteiger partial charge is 0.495 e. The van der Waals surface area contributed by atoms with E-state index >= 15 is 0 Å². The number of sulfonamides is 1. The Kier molecular flexibility index (Phi) is 6.78. The molecule has 0 unspecified atom stereocenters. The van der Waals surface area contributed by atoms with Gasteiger partial charge in [-0.1, -0.05) is 13.8 Å². The molecular formula is C23H25FN4O5S2. The van der Waals surface area contributed by atoms with Crippen LogP contribution in [0.2, 0.25) is 0 Å². The van der Waals surface area contributed by atoms with Gasteiger partial charge >= 0.3 is 5.97 Å². The number of thiazole rings is 1. The van der Waals surface area contributed by atoms with E-state index in [4.69, 9.17) is 9.84 Å². The average molecular weight is 521 g/mol. The summed E-state index contributed by atoms with van der Waals surface area (Å²) >= 11 is 1.08. The van der Waals surface area contributed by atoms with Crippen LogP contribution >= 0.6 is 11.3 Å². The van der Waals surface area contributed by atoms with E-state index in [0.29, 0.717) is 22.0 Å². The van der Waals surface area contributed by atoms with E-state index in [0.717, 1.165) is 54.8 Å². The number of aromatic carboxylic acids is 1. The smallest absolute Gasteiger partial charge is 0.338 e. The summed E-state index contributed by atoms with van der Waals surface area (Å²) in [4.78, 5) is 24.3. The number of anilines is 1. The van der Waals surface area contributed by atoms with Crippen LogP contribution < -0.4 is 9.46 Å². The number of carbonyl (C=O) groups is 1. The van der Waals surface area contributed by atoms with Crippen LogP contribution in [0.4, 0.5) is 10.1 Å². The molecule has 4 rings (SSSR count). The average Bonchev–Trinajstić information content (AvgIpc) is 3.30. The van der Waals surface area contributed by atoms with Crippen molar-refractivity contribution in [3.05, 3.63) is 47.0 Å². The number of benzene rings is 1. The molecule has 1 aliphatic rings. The second-order valence-corrected chi connectivity index (χ2v) is 11.7. The summed E-state index contributed by atoms with van der Waals surface area (Å²) in [6, 6.07) is 1.66. The molecule has 0 aliphatic heterocycles. The number of methoxy groups -OCH3 is 1. The van der Waals surface area contributed by atoms with Crippen molar-refractivity contribution >= 4 is 33.0 Å². The summed E-state index contributed by atoms with van der Waals surface area (Å²) < 4.78 is 47.1. The molecule has 2 N–H and O–H groups in total. The van der Waals surface area contributed by atoms with Gasteiger partial charge in [0.15, 0.2) is 5.03 Å². The van der Waals surface area contributed by atoms with Gasteiger partial charge < -0.3 is 9.84 Å². The lowest BCUT2D eigenvalue weighted by molar-refractivity contribution is 0.0691. The van der Waals surface area contributed by atoms with Crippen molar-refractivity contribution < 1.29 is 27.4 Å². The van der Waals surface area contributed by atoms with Gasteiger partial charge in [-0.15, -0.1) is 11.3 Å². The fourth-order valence-corrected chi connectivity index (χ4v) is 6.13. The molecule has 1 fully saturated rings. The molecule has 0 amide bonds. The highest BCUT2D eigenvalue weighted by Crippen LogP contribution is 2.42. The molecule has 0 atom stereocenters. The maximum absolute atomic E-state index is 14.1. The molecule has 1 aromatic carbocycles. The zero-order chi connectivity index (χ0) is 25.4. The highest BCUT2D eigenvalue weighted by atomic mass is 32.2. The molecule has 0 radical (unpaired) electrons. The summed E-state index contributed by atoms with van der Waals surface area (Å²) in [6.45, 7) is 4.55. The standard InChI is InChI=1S/C23H25FN4O5S2/c1-23(2)6-4-13(5-7-23)17-10-26-18(11-25-17)21-27-20(12-34-21)35(31,32)28-16-9-15(24)14(22(29)30)8-19(16)33-3/h8-13,28H,4-7H2,1-3H3,(H,29,30). The summed E-state index contributed by atoms with van der Waals surface area (Å²) in [5.41, 5.74) is 0.846. The normalized spacial score (nSPS) is 16.1. The third-order valence-corrected chi connectivity index (χ3v) is 8.43. The molecule has 2 heterocycles. The molecule has 1 saturated carbocycles. The highest BCUT2D eigenvalue weighted by Gasteiger charge is 2.29. The van der Waals surface area contributed by atoms with Gasteiger partial charge in [0.05, 0.1) is 30.3 Å². The first kappa shape index (κ1) is 25.0. The molecule has 0 spiro atoms. The molecule has 186 valence electrons. The van der Waals surface area contributed by atoms with Crippen LogP contribution in [0.3, 0.4) is 0 Å². The van der Waals surface area contributed by atoms with E-state index in [2.05, 4.69) is 33.5 Å². The van der Waals surface area contributed by atoms with E-state index in [-0.39, 0.29) is 16.5 Å². The van der Waals surface area contributed by atoms with Crippen molar-refractivity contribution in [1.82, 2.24) is 15.0 Å². The summed E-state index contributed by atoms with van der Waals surface area (Å²) in [5, 5.41) is 10.5. The van der Waals surface area contributed by atoms with Gasteiger partial charge in [-0.3, -0.25) is 14.7 Å². The van der Waals surface area contributed by atoms with Crippen molar-refractivity contribution in [2.45, 2.75) is 50.5 Å². The molecule has 9 nitrogen and oxygen atoms in total. The molecule has 35 heavy (non-hydrogen) atoms. The lowest BCUT2D eigenvalue weighted by Gasteiger charge is -2.33. The number of hydrogen-bond donors (Lipinski definition) is 2. The maximum atomic E-state index is 14.1. The van der Waals surface area contributed by atoms with Crippen molar-refractivity contribution in [1.29, 1.82) is 0 Å². The number of halogens is 1. The second-order valence-electron chi connectivity index (χ2n) is 9.20. The minimum atomic E-state index is -4.21. The summed E-state index contributed by atoms with van der Waals surface area (Å²) in [5.74, 6) is -2.38. The Morgan fingerprint density at radius 1 is 1.23 bits per heavy atom. The molecule has 3 aromatic rings. The SMILES string of the molecule is COc1cc(C(=O)O)c(F)cc1NS(=O)(=O)c1csc(-c2cnc(C3CCC(C)(C)CC3)cn2)n1. The quantitative estimate of drug-likeness (QED) is 0.448. The van der Waals surface area contributed by atoms with Crippen LogP contribution in [0.25, 0.3) is 10.7 Å². The fourth-order valence-electron chi connectivity index (χ4n) is 4.02. The van der Waals surface area contributed by atoms with Crippen LogP contribution in [-0.4, -0.2) is 41.6 Å². The van der Waals surface area contributed by atoms with Crippen molar-refractivity contribution in [3.63, 3.8) is 0 Å². The van der Waals surface area contributed by atoms with E-state index in [9.17, 15) is 17.6 Å². The van der Waals surface area contributed by atoms with Crippen LogP contribution in [0, 0.1) is 11.2 Å². The first-order chi connectivity index (χ1) is 16.5. The number of nitrogens with zero attached hydrogens (tertiary/aromatic N) is 3. The number of rotatable bonds is 7. The topological polar surface area (TPSA) is 131 Å². The molecule has 0 bridgehead atoms. The van der Waals surface area contributed by atoms with E-state index in [1.165, 1.54) is 12.5 Å². The zero-order valence-corrected chi connectivity index (χ0v) is 21.0. The van der Waals surface area contributed by atoms with Gasteiger partial charge in [-0.05, 0) is 37.2 Å². The molecule has 0 saturated heterocycles. The Morgan fingerprint density at radius 2 is 1.94 bits per heavy atom. The minimum Gasteiger partial charge on any atom is -0.495 e. The maximum Gasteiger partial charge on any atom is 0.338 e. The lowest BCUT2D eigenvalue weighted by atomic mass is 9.72. The third kappa shape index (κ3) is 5.43. The highest BCUT2D eigenvalue weighted by molar-refractivity contribution is 7.92. The molecule has 2 aromatic heterocycles. The van der Waals surface area contributed by atoms with Gasteiger partial charge in [0.2, 0.25) is 0 Å². The lowest BCUT2D eigenvalue weighted by Crippen LogP contribution is -2.20. The number of ether oxygens (including phenoxy) is 1. The van der Waals surface area contributed by atoms with Gasteiger partial charge in [0.1, 0.15) is 22.3 Å². The van der Waals surface area contributed by atoms with Gasteiger partial charge in [0.25, 0.3) is 10.0 Å². The van der Waals surface area contributed by atoms with Crippen molar-refractivity contribution in [3.8, 4) is 16.5 Å². The van der Waals surface area contributed by atoms with Crippen LogP contribution in [0.1, 0.15) is 61.5 Å². The predicted molar refractivity (Wildman–Crippen MR) is 129 cm³/mol. The van der Waals surface area contributed by atoms with Crippen LogP contribution in [-0.2, 0) is 10.0 Å². The first-order valence-electron chi connectivity index (χ1n) is 10.9. The van der Waals surface area contributed by atoms with Gasteiger partial charge in [-0.2, -0.15) is 8.42 Å². The Labute approximate surface area is 206 Å². The number of aromatic nitrogens is 3. The molecule has 12 heteroatoms. The number of carboxylic acid groups (broad SMARTS) is 1. The number of carboxylic acids is 1. The monoisotopic (exact) mass is 520 g/mol. The van der Waals surface area contributed by atoms with E-state index in [1.807, 2.05) is 0 Å². The van der Waals surface area contributed by atoms with E-state index in [1.54, 1.807) is 12.4 Å². The Balaban J connectivity index is 1.52. The van der Waals surface area contributed by atoms with Gasteiger partial charge in [-0.25, -0.2) is 14.2 Å². The molecular weight excluding hydrogens is 495 g/mol. The van der Waals surface area contributed by atoms with Crippen LogP contribution in [0.15, 0.2) is 34.9 Å². The fraction of sp³-hybridized carbons (Fsp3) is 0.391. The molecule has 1 aliphatic carbocycles. The Hall–Kier alpha value is -3.12.